The fourth-order valence-electron chi connectivity index (χ4n) is 3.28. The fourth-order valence-corrected chi connectivity index (χ4v) is 3.28. The summed E-state index contributed by atoms with van der Waals surface area (Å²) in [6, 6.07) is 15.9. The number of carboxylic acids is 1. The van der Waals surface area contributed by atoms with Gasteiger partial charge in [0, 0.05) is 37.9 Å². The van der Waals surface area contributed by atoms with E-state index in [1.54, 1.807) is 0 Å². The number of anilines is 3. The Morgan fingerprint density at radius 3 is 2.07 bits per heavy atom. The largest absolute Gasteiger partial charge is 0.545 e. The van der Waals surface area contributed by atoms with E-state index in [0.29, 0.717) is 5.69 Å². The SMILES string of the molecule is Cc1ccccc1N1CCN(c2ccccc2NC(=O)C=CC(=O)[O-])CC1. The number of rotatable bonds is 5. The third-order valence-corrected chi connectivity index (χ3v) is 4.61. The van der Waals surface area contributed by atoms with E-state index in [1.807, 2.05) is 30.3 Å². The number of aliphatic carboxylic acids is 1. The molecule has 1 fully saturated rings. The summed E-state index contributed by atoms with van der Waals surface area (Å²) < 4.78 is 0. The molecule has 1 N–H and O–H groups in total. The lowest BCUT2D eigenvalue weighted by Crippen LogP contribution is -2.47. The van der Waals surface area contributed by atoms with Crippen molar-refractivity contribution >= 4 is 28.9 Å². The summed E-state index contributed by atoms with van der Waals surface area (Å²) >= 11 is 0. The molecule has 140 valence electrons. The van der Waals surface area contributed by atoms with E-state index in [1.165, 1.54) is 11.3 Å². The summed E-state index contributed by atoms with van der Waals surface area (Å²) in [6.07, 6.45) is 1.68. The second kappa shape index (κ2) is 8.40. The number of aryl methyl sites for hydroxylation is 1. The average molecular weight is 364 g/mol. The number of piperazine rings is 1. The molecule has 1 aliphatic rings. The predicted molar refractivity (Wildman–Crippen MR) is 105 cm³/mol. The number of hydrogen-bond acceptors (Lipinski definition) is 5. The highest BCUT2D eigenvalue weighted by Gasteiger charge is 2.20. The standard InChI is InChI=1S/C21H23N3O3/c1-16-6-2-4-8-18(16)23-12-14-24(15-13-23)19-9-5-3-7-17(19)22-20(25)10-11-21(26)27/h2-11H,12-15H2,1H3,(H,22,25)(H,26,27)/p-1. The normalized spacial score (nSPS) is 14.4. The number of para-hydroxylation sites is 3. The van der Waals surface area contributed by atoms with Crippen LogP contribution in [0.2, 0.25) is 0 Å². The summed E-state index contributed by atoms with van der Waals surface area (Å²) in [5.74, 6) is -1.89. The van der Waals surface area contributed by atoms with Gasteiger partial charge in [0.25, 0.3) is 0 Å². The van der Waals surface area contributed by atoms with E-state index >= 15 is 0 Å². The Kier molecular flexibility index (Phi) is 5.76. The molecule has 2 aromatic carbocycles. The molecule has 3 rings (SSSR count). The summed E-state index contributed by atoms with van der Waals surface area (Å²) in [5.41, 5.74) is 4.11. The molecule has 27 heavy (non-hydrogen) atoms. The second-order valence-corrected chi connectivity index (χ2v) is 6.42. The number of carbonyl (C=O) groups is 2. The van der Waals surface area contributed by atoms with Crippen LogP contribution in [-0.4, -0.2) is 38.1 Å². The number of hydrogen-bond donors (Lipinski definition) is 1. The van der Waals surface area contributed by atoms with Gasteiger partial charge in [0.15, 0.2) is 0 Å². The molecular formula is C21H22N3O3-. The van der Waals surface area contributed by atoms with Crippen molar-refractivity contribution in [2.75, 3.05) is 41.3 Å². The molecule has 0 aliphatic carbocycles. The van der Waals surface area contributed by atoms with E-state index in [0.717, 1.165) is 44.0 Å². The van der Waals surface area contributed by atoms with Gasteiger partial charge in [-0.05, 0) is 36.8 Å². The summed E-state index contributed by atoms with van der Waals surface area (Å²) in [7, 11) is 0. The molecule has 0 saturated carbocycles. The van der Waals surface area contributed by atoms with Crippen LogP contribution in [0.3, 0.4) is 0 Å². The lowest BCUT2D eigenvalue weighted by Gasteiger charge is -2.38. The molecule has 6 heteroatoms. The fraction of sp³-hybridized carbons (Fsp3) is 0.238. The highest BCUT2D eigenvalue weighted by molar-refractivity contribution is 6.03. The third-order valence-electron chi connectivity index (χ3n) is 4.61. The Balaban J connectivity index is 1.69. The maximum absolute atomic E-state index is 11.9. The summed E-state index contributed by atoms with van der Waals surface area (Å²) in [4.78, 5) is 27.0. The highest BCUT2D eigenvalue weighted by Crippen LogP contribution is 2.28. The van der Waals surface area contributed by atoms with Crippen LogP contribution in [0.25, 0.3) is 0 Å². The maximum Gasteiger partial charge on any atom is 0.248 e. The van der Waals surface area contributed by atoms with Crippen molar-refractivity contribution in [3.05, 3.63) is 66.2 Å². The molecule has 0 atom stereocenters. The van der Waals surface area contributed by atoms with Gasteiger partial charge >= 0.3 is 0 Å². The number of nitrogens with one attached hydrogen (secondary N) is 1. The molecular weight excluding hydrogens is 342 g/mol. The molecule has 1 aliphatic heterocycles. The van der Waals surface area contributed by atoms with Crippen LogP contribution in [0.5, 0.6) is 0 Å². The first-order valence-corrected chi connectivity index (χ1v) is 8.89. The lowest BCUT2D eigenvalue weighted by atomic mass is 10.1. The third kappa shape index (κ3) is 4.67. The van der Waals surface area contributed by atoms with Crippen molar-refractivity contribution in [3.8, 4) is 0 Å². The second-order valence-electron chi connectivity index (χ2n) is 6.42. The van der Waals surface area contributed by atoms with Gasteiger partial charge in [0.2, 0.25) is 5.91 Å². The first kappa shape index (κ1) is 18.5. The van der Waals surface area contributed by atoms with Crippen molar-refractivity contribution in [2.24, 2.45) is 0 Å². The topological polar surface area (TPSA) is 75.7 Å². The molecule has 0 radical (unpaired) electrons. The molecule has 0 unspecified atom stereocenters. The van der Waals surface area contributed by atoms with E-state index in [4.69, 9.17) is 0 Å². The van der Waals surface area contributed by atoms with Crippen LogP contribution in [0, 0.1) is 6.92 Å². The Bertz CT molecular complexity index is 855. The zero-order valence-corrected chi connectivity index (χ0v) is 15.2. The average Bonchev–Trinajstić information content (AvgIpc) is 2.67. The maximum atomic E-state index is 11.9. The van der Waals surface area contributed by atoms with Gasteiger partial charge in [-0.2, -0.15) is 0 Å². The number of benzene rings is 2. The number of carbonyl (C=O) groups excluding carboxylic acids is 2. The molecule has 0 bridgehead atoms. The van der Waals surface area contributed by atoms with Crippen molar-refractivity contribution < 1.29 is 14.7 Å². The Labute approximate surface area is 158 Å². The van der Waals surface area contributed by atoms with Crippen molar-refractivity contribution in [3.63, 3.8) is 0 Å². The van der Waals surface area contributed by atoms with E-state index in [-0.39, 0.29) is 0 Å². The van der Waals surface area contributed by atoms with Crippen molar-refractivity contribution in [1.29, 1.82) is 0 Å². The zero-order valence-electron chi connectivity index (χ0n) is 15.2. The molecule has 1 saturated heterocycles. The quantitative estimate of drug-likeness (QED) is 0.815. The highest BCUT2D eigenvalue weighted by atomic mass is 16.4. The van der Waals surface area contributed by atoms with Crippen LogP contribution in [0.4, 0.5) is 17.1 Å². The van der Waals surface area contributed by atoms with Gasteiger partial charge in [-0.25, -0.2) is 0 Å². The first-order valence-electron chi connectivity index (χ1n) is 8.89. The van der Waals surface area contributed by atoms with Crippen LogP contribution < -0.4 is 20.2 Å². The zero-order chi connectivity index (χ0) is 19.2. The van der Waals surface area contributed by atoms with E-state index in [2.05, 4.69) is 40.2 Å². The molecule has 2 aromatic rings. The van der Waals surface area contributed by atoms with E-state index in [9.17, 15) is 14.7 Å². The Morgan fingerprint density at radius 2 is 1.44 bits per heavy atom. The van der Waals surface area contributed by atoms with Crippen LogP contribution in [0.15, 0.2) is 60.7 Å². The van der Waals surface area contributed by atoms with E-state index < -0.39 is 11.9 Å². The minimum Gasteiger partial charge on any atom is -0.545 e. The minimum atomic E-state index is -1.40. The van der Waals surface area contributed by atoms with Gasteiger partial charge in [0.1, 0.15) is 0 Å². The molecule has 1 heterocycles. The van der Waals surface area contributed by atoms with Gasteiger partial charge in [0.05, 0.1) is 17.3 Å². The van der Waals surface area contributed by atoms with Crippen LogP contribution in [0.1, 0.15) is 5.56 Å². The van der Waals surface area contributed by atoms with Gasteiger partial charge in [-0.15, -0.1) is 0 Å². The number of carboxylic acid groups (broad SMARTS) is 1. The van der Waals surface area contributed by atoms with Crippen LogP contribution in [-0.2, 0) is 9.59 Å². The van der Waals surface area contributed by atoms with Crippen LogP contribution >= 0.6 is 0 Å². The predicted octanol–water partition coefficient (Wildman–Crippen LogP) is 1.57. The summed E-state index contributed by atoms with van der Waals surface area (Å²) in [5, 5.41) is 13.2. The summed E-state index contributed by atoms with van der Waals surface area (Å²) in [6.45, 7) is 5.55. The van der Waals surface area contributed by atoms with Gasteiger partial charge in [-0.3, -0.25) is 4.79 Å². The van der Waals surface area contributed by atoms with Gasteiger partial charge < -0.3 is 25.0 Å². The van der Waals surface area contributed by atoms with Crippen molar-refractivity contribution in [2.45, 2.75) is 6.92 Å². The van der Waals surface area contributed by atoms with Gasteiger partial charge in [-0.1, -0.05) is 30.3 Å². The molecule has 1 amide bonds. The molecule has 0 spiro atoms. The smallest absolute Gasteiger partial charge is 0.248 e. The Morgan fingerprint density at radius 1 is 0.889 bits per heavy atom. The molecule has 6 nitrogen and oxygen atoms in total. The lowest BCUT2D eigenvalue weighted by molar-refractivity contribution is -0.297. The first-order chi connectivity index (χ1) is 13.0. The van der Waals surface area contributed by atoms with Crippen molar-refractivity contribution in [1.82, 2.24) is 0 Å². The minimum absolute atomic E-state index is 0.495. The molecule has 0 aromatic heterocycles. The monoisotopic (exact) mass is 364 g/mol. The Hall–Kier alpha value is -3.28. The number of amides is 1. The number of nitrogens with zero attached hydrogens (tertiary/aromatic N) is 2.